The number of aliphatic hydroxyl groups is 8. The zero-order valence-electron chi connectivity index (χ0n) is 21.5. The summed E-state index contributed by atoms with van der Waals surface area (Å²) < 4.78 is 27.7. The first kappa shape index (κ1) is 29.6. The zero-order valence-corrected chi connectivity index (χ0v) is 21.5. The second-order valence-corrected chi connectivity index (χ2v) is 10.1. The van der Waals surface area contributed by atoms with Gasteiger partial charge in [-0.2, -0.15) is 0 Å². The molecule has 3 heterocycles. The molecule has 0 spiro atoms. The van der Waals surface area contributed by atoms with E-state index in [4.69, 9.17) is 23.7 Å². The second kappa shape index (κ2) is 12.1. The zero-order chi connectivity index (χ0) is 29.4. The molecule has 2 saturated heterocycles. The number of cyclic esters (lactones) is 1. The maximum atomic E-state index is 13.1. The summed E-state index contributed by atoms with van der Waals surface area (Å²) in [5.74, 6) is -0.438. The van der Waals surface area contributed by atoms with Gasteiger partial charge in [0.1, 0.15) is 72.0 Å². The standard InChI is InChI=1S/C27H32O14/c28-9-16-19(30)21(32)23(34)26(40-16)37-13-6-4-11(5-7-13)15-8-12-2-1-3-14(18(12)25(36)38-15)39-27-24(35)22(33)20(31)17(10-29)41-27/h1-7,15-17,19-24,26-35H,8-10H2. The number of hydrogen-bond acceptors (Lipinski definition) is 14. The molecule has 3 aliphatic heterocycles. The minimum Gasteiger partial charge on any atom is -0.462 e. The first-order valence-electron chi connectivity index (χ1n) is 13.0. The fraction of sp³-hybridized carbons (Fsp3) is 0.519. The molecule has 2 aromatic carbocycles. The Morgan fingerprint density at radius 2 is 1.27 bits per heavy atom. The Kier molecular flexibility index (Phi) is 8.77. The molecule has 224 valence electrons. The van der Waals surface area contributed by atoms with Crippen molar-refractivity contribution in [2.45, 2.75) is 73.9 Å². The van der Waals surface area contributed by atoms with Gasteiger partial charge in [0, 0.05) is 6.42 Å². The van der Waals surface area contributed by atoms with Crippen LogP contribution in [0.1, 0.15) is 27.6 Å². The highest BCUT2D eigenvalue weighted by molar-refractivity contribution is 5.95. The molecular formula is C27H32O14. The number of hydrogen-bond donors (Lipinski definition) is 8. The van der Waals surface area contributed by atoms with Gasteiger partial charge in [0.25, 0.3) is 0 Å². The summed E-state index contributed by atoms with van der Waals surface area (Å²) in [6.45, 7) is -1.22. The lowest BCUT2D eigenvalue weighted by Gasteiger charge is -2.40. The van der Waals surface area contributed by atoms with Gasteiger partial charge in [-0.1, -0.05) is 24.3 Å². The average molecular weight is 581 g/mol. The summed E-state index contributed by atoms with van der Waals surface area (Å²) in [4.78, 5) is 13.1. The van der Waals surface area contributed by atoms with E-state index in [1.54, 1.807) is 36.4 Å². The normalized spacial score (nSPS) is 37.2. The molecular weight excluding hydrogens is 548 g/mol. The van der Waals surface area contributed by atoms with Crippen molar-refractivity contribution in [2.24, 2.45) is 0 Å². The highest BCUT2D eigenvalue weighted by Crippen LogP contribution is 2.37. The van der Waals surface area contributed by atoms with Crippen molar-refractivity contribution >= 4 is 5.97 Å². The Labute approximate surface area is 233 Å². The van der Waals surface area contributed by atoms with Crippen molar-refractivity contribution in [3.63, 3.8) is 0 Å². The number of esters is 1. The number of ether oxygens (including phenoxy) is 5. The van der Waals surface area contributed by atoms with Gasteiger partial charge in [0.05, 0.1) is 13.2 Å². The largest absolute Gasteiger partial charge is 0.462 e. The molecule has 8 N–H and O–H groups in total. The van der Waals surface area contributed by atoms with E-state index in [2.05, 4.69) is 0 Å². The first-order valence-corrected chi connectivity index (χ1v) is 13.0. The van der Waals surface area contributed by atoms with Crippen molar-refractivity contribution in [1.82, 2.24) is 0 Å². The van der Waals surface area contributed by atoms with Gasteiger partial charge >= 0.3 is 5.97 Å². The molecule has 0 saturated carbocycles. The summed E-state index contributed by atoms with van der Waals surface area (Å²) in [5, 5.41) is 79.2. The van der Waals surface area contributed by atoms with Gasteiger partial charge in [0.15, 0.2) is 0 Å². The van der Waals surface area contributed by atoms with E-state index in [0.717, 1.165) is 0 Å². The van der Waals surface area contributed by atoms with Crippen LogP contribution in [0.25, 0.3) is 0 Å². The monoisotopic (exact) mass is 580 g/mol. The Morgan fingerprint density at radius 3 is 1.83 bits per heavy atom. The first-order chi connectivity index (χ1) is 19.6. The molecule has 41 heavy (non-hydrogen) atoms. The van der Waals surface area contributed by atoms with Gasteiger partial charge in [-0.3, -0.25) is 0 Å². The van der Waals surface area contributed by atoms with E-state index in [1.807, 2.05) is 0 Å². The minimum absolute atomic E-state index is 0.0264. The van der Waals surface area contributed by atoms with Gasteiger partial charge in [-0.15, -0.1) is 0 Å². The summed E-state index contributed by atoms with van der Waals surface area (Å²) in [6, 6.07) is 11.2. The SMILES string of the molecule is O=C1OC(c2ccc(OC3OC(CO)C(O)C(O)C3O)cc2)Cc2cccc(OC3OC(CO)C(O)C(O)C3O)c21. The molecule has 14 heteroatoms. The van der Waals surface area contributed by atoms with Crippen LogP contribution in [0.4, 0.5) is 0 Å². The number of carbonyl (C=O) groups excluding carboxylic acids is 1. The van der Waals surface area contributed by atoms with Crippen molar-refractivity contribution < 1.29 is 69.3 Å². The smallest absolute Gasteiger partial charge is 0.342 e. The van der Waals surface area contributed by atoms with E-state index in [9.17, 15) is 45.6 Å². The number of fused-ring (bicyclic) bond motifs is 1. The predicted molar refractivity (Wildman–Crippen MR) is 134 cm³/mol. The van der Waals surface area contributed by atoms with Crippen LogP contribution in [-0.2, 0) is 20.6 Å². The fourth-order valence-electron chi connectivity index (χ4n) is 5.04. The molecule has 5 rings (SSSR count). The molecule has 14 nitrogen and oxygen atoms in total. The maximum absolute atomic E-state index is 13.1. The van der Waals surface area contributed by atoms with Crippen LogP contribution in [0.2, 0.25) is 0 Å². The maximum Gasteiger partial charge on any atom is 0.342 e. The van der Waals surface area contributed by atoms with E-state index < -0.39 is 86.7 Å². The van der Waals surface area contributed by atoms with Crippen molar-refractivity contribution in [3.8, 4) is 11.5 Å². The van der Waals surface area contributed by atoms with Crippen LogP contribution in [0, 0.1) is 0 Å². The molecule has 2 aromatic rings. The molecule has 0 amide bonds. The van der Waals surface area contributed by atoms with Gasteiger partial charge in [-0.25, -0.2) is 4.79 Å². The summed E-state index contributed by atoms with van der Waals surface area (Å²) >= 11 is 0. The second-order valence-electron chi connectivity index (χ2n) is 10.1. The molecule has 0 aliphatic carbocycles. The molecule has 11 unspecified atom stereocenters. The van der Waals surface area contributed by atoms with Crippen LogP contribution in [0.15, 0.2) is 42.5 Å². The average Bonchev–Trinajstić information content (AvgIpc) is 2.98. The third-order valence-corrected chi connectivity index (χ3v) is 7.42. The molecule has 11 atom stereocenters. The van der Waals surface area contributed by atoms with Crippen LogP contribution in [0.3, 0.4) is 0 Å². The number of rotatable bonds is 7. The topological polar surface area (TPSA) is 225 Å². The van der Waals surface area contributed by atoms with E-state index in [-0.39, 0.29) is 23.5 Å². The molecule has 0 bridgehead atoms. The van der Waals surface area contributed by atoms with Crippen molar-refractivity contribution in [2.75, 3.05) is 13.2 Å². The lowest BCUT2D eigenvalue weighted by Crippen LogP contribution is -2.60. The van der Waals surface area contributed by atoms with E-state index in [1.165, 1.54) is 6.07 Å². The molecule has 0 radical (unpaired) electrons. The summed E-state index contributed by atoms with van der Waals surface area (Å²) in [7, 11) is 0. The fourth-order valence-corrected chi connectivity index (χ4v) is 5.04. The quantitative estimate of drug-likeness (QED) is 0.159. The molecule has 3 aliphatic rings. The molecule has 2 fully saturated rings. The van der Waals surface area contributed by atoms with Crippen molar-refractivity contribution in [1.29, 1.82) is 0 Å². The third kappa shape index (κ3) is 5.76. The third-order valence-electron chi connectivity index (χ3n) is 7.42. The Bertz CT molecular complexity index is 1200. The van der Waals surface area contributed by atoms with Gasteiger partial charge < -0.3 is 64.5 Å². The summed E-state index contributed by atoms with van der Waals surface area (Å²) in [6.07, 6.45) is -15.0. The Hall–Kier alpha value is -2.89. The lowest BCUT2D eigenvalue weighted by molar-refractivity contribution is -0.277. The van der Waals surface area contributed by atoms with Gasteiger partial charge in [0.2, 0.25) is 12.6 Å². The van der Waals surface area contributed by atoms with Gasteiger partial charge in [-0.05, 0) is 29.3 Å². The van der Waals surface area contributed by atoms with Crippen LogP contribution < -0.4 is 9.47 Å². The van der Waals surface area contributed by atoms with E-state index in [0.29, 0.717) is 11.1 Å². The van der Waals surface area contributed by atoms with Crippen LogP contribution >= 0.6 is 0 Å². The molecule has 0 aromatic heterocycles. The van der Waals surface area contributed by atoms with Crippen LogP contribution in [0.5, 0.6) is 11.5 Å². The Morgan fingerprint density at radius 1 is 0.707 bits per heavy atom. The van der Waals surface area contributed by atoms with Crippen LogP contribution in [-0.4, -0.2) is 121 Å². The number of benzene rings is 2. The van der Waals surface area contributed by atoms with Crippen molar-refractivity contribution in [3.05, 3.63) is 59.2 Å². The highest BCUT2D eigenvalue weighted by Gasteiger charge is 2.46. The predicted octanol–water partition coefficient (Wildman–Crippen LogP) is -2.50. The van der Waals surface area contributed by atoms with E-state index >= 15 is 0 Å². The number of carbonyl (C=O) groups is 1. The minimum atomic E-state index is -1.65. The lowest BCUT2D eigenvalue weighted by atomic mass is 9.94. The Balaban J connectivity index is 1.28. The number of aliphatic hydroxyl groups excluding tert-OH is 8. The summed E-state index contributed by atoms with van der Waals surface area (Å²) in [5.41, 5.74) is 1.30. The highest BCUT2D eigenvalue weighted by atomic mass is 16.7.